The van der Waals surface area contributed by atoms with Gasteiger partial charge in [0.2, 0.25) is 21.8 Å². The first-order valence-electron chi connectivity index (χ1n) is 11.2. The van der Waals surface area contributed by atoms with E-state index in [1.807, 2.05) is 45.0 Å². The molecule has 0 radical (unpaired) electrons. The Balaban J connectivity index is 2.43. The van der Waals surface area contributed by atoms with Gasteiger partial charge in [-0.05, 0) is 45.4 Å². The molecule has 2 amide bonds. The first-order chi connectivity index (χ1) is 16.4. The maximum atomic E-state index is 13.5. The van der Waals surface area contributed by atoms with Crippen LogP contribution in [0.4, 0.5) is 5.69 Å². The van der Waals surface area contributed by atoms with Crippen LogP contribution in [-0.4, -0.2) is 64.2 Å². The molecule has 192 valence electrons. The summed E-state index contributed by atoms with van der Waals surface area (Å²) in [5.41, 5.74) is 2.13. The number of sulfonamides is 1. The summed E-state index contributed by atoms with van der Waals surface area (Å²) in [5, 5.41) is 2.82. The first-order valence-corrected chi connectivity index (χ1v) is 13.1. The van der Waals surface area contributed by atoms with Gasteiger partial charge < -0.3 is 19.7 Å². The van der Waals surface area contributed by atoms with Gasteiger partial charge in [0.15, 0.2) is 11.5 Å². The van der Waals surface area contributed by atoms with Crippen LogP contribution >= 0.6 is 0 Å². The Kier molecular flexibility index (Phi) is 9.53. The number of benzene rings is 2. The number of carbonyl (C=O) groups is 2. The van der Waals surface area contributed by atoms with Gasteiger partial charge in [-0.3, -0.25) is 13.9 Å². The van der Waals surface area contributed by atoms with E-state index in [1.165, 1.54) is 31.3 Å². The topological polar surface area (TPSA) is 105 Å². The highest BCUT2D eigenvalue weighted by atomic mass is 32.2. The standard InChI is InChI=1S/C25H35N3O6S/c1-17(2)26-25(30)19(4)27(15-20-10-8-18(3)9-11-20)24(29)16-28(35(7,31)32)21-12-13-22(33-5)23(14-21)34-6/h8-14,17,19H,15-16H2,1-7H3,(H,26,30). The molecule has 1 atom stereocenters. The van der Waals surface area contributed by atoms with Gasteiger partial charge in [-0.25, -0.2) is 8.42 Å². The molecule has 0 aromatic heterocycles. The fourth-order valence-corrected chi connectivity index (χ4v) is 4.31. The molecular formula is C25H35N3O6S. The second kappa shape index (κ2) is 11.9. The number of carbonyl (C=O) groups excluding carboxylic acids is 2. The molecule has 0 bridgehead atoms. The average Bonchev–Trinajstić information content (AvgIpc) is 2.79. The van der Waals surface area contributed by atoms with Crippen molar-refractivity contribution in [2.75, 3.05) is 31.3 Å². The monoisotopic (exact) mass is 505 g/mol. The van der Waals surface area contributed by atoms with E-state index in [9.17, 15) is 18.0 Å². The molecule has 0 saturated carbocycles. The molecule has 35 heavy (non-hydrogen) atoms. The summed E-state index contributed by atoms with van der Waals surface area (Å²) < 4.78 is 36.9. The molecule has 2 aromatic carbocycles. The van der Waals surface area contributed by atoms with Crippen molar-refractivity contribution in [2.45, 2.75) is 46.3 Å². The summed E-state index contributed by atoms with van der Waals surface area (Å²) in [4.78, 5) is 27.7. The van der Waals surface area contributed by atoms with Gasteiger partial charge in [0.05, 0.1) is 26.2 Å². The normalized spacial score (nSPS) is 12.1. The molecule has 0 fully saturated rings. The lowest BCUT2D eigenvalue weighted by Crippen LogP contribution is -2.52. The van der Waals surface area contributed by atoms with Crippen molar-refractivity contribution in [1.82, 2.24) is 10.2 Å². The lowest BCUT2D eigenvalue weighted by molar-refractivity contribution is -0.139. The van der Waals surface area contributed by atoms with Gasteiger partial charge in [-0.15, -0.1) is 0 Å². The number of nitrogens with one attached hydrogen (secondary N) is 1. The summed E-state index contributed by atoms with van der Waals surface area (Å²) >= 11 is 0. The van der Waals surface area contributed by atoms with Crippen molar-refractivity contribution in [2.24, 2.45) is 0 Å². The van der Waals surface area contributed by atoms with E-state index in [2.05, 4.69) is 5.32 Å². The van der Waals surface area contributed by atoms with E-state index in [1.54, 1.807) is 13.0 Å². The fraction of sp³-hybridized carbons (Fsp3) is 0.440. The highest BCUT2D eigenvalue weighted by molar-refractivity contribution is 7.92. The van der Waals surface area contributed by atoms with Crippen LogP contribution in [-0.2, 0) is 26.2 Å². The second-order valence-electron chi connectivity index (χ2n) is 8.66. The number of nitrogens with zero attached hydrogens (tertiary/aromatic N) is 2. The van der Waals surface area contributed by atoms with Crippen molar-refractivity contribution in [3.8, 4) is 11.5 Å². The lowest BCUT2D eigenvalue weighted by atomic mass is 10.1. The predicted octanol–water partition coefficient (Wildman–Crippen LogP) is 2.72. The maximum absolute atomic E-state index is 13.5. The van der Waals surface area contributed by atoms with Crippen molar-refractivity contribution in [3.63, 3.8) is 0 Å². The first kappa shape index (κ1) is 28.0. The zero-order chi connectivity index (χ0) is 26.3. The van der Waals surface area contributed by atoms with Crippen molar-refractivity contribution in [3.05, 3.63) is 53.6 Å². The molecule has 0 heterocycles. The molecule has 0 saturated heterocycles. The van der Waals surface area contributed by atoms with Gasteiger partial charge in [0.25, 0.3) is 0 Å². The Bertz CT molecular complexity index is 1130. The Morgan fingerprint density at radius 1 is 0.971 bits per heavy atom. The van der Waals surface area contributed by atoms with Crippen LogP contribution in [0.1, 0.15) is 31.9 Å². The Hall–Kier alpha value is -3.27. The smallest absolute Gasteiger partial charge is 0.244 e. The second-order valence-corrected chi connectivity index (χ2v) is 10.6. The molecule has 0 aliphatic rings. The SMILES string of the molecule is COc1ccc(N(CC(=O)N(Cc2ccc(C)cc2)C(C)C(=O)NC(C)C)S(C)(=O)=O)cc1OC. The average molecular weight is 506 g/mol. The molecular weight excluding hydrogens is 470 g/mol. The molecule has 1 unspecified atom stereocenters. The molecule has 9 nitrogen and oxygen atoms in total. The van der Waals surface area contributed by atoms with E-state index in [4.69, 9.17) is 9.47 Å². The highest BCUT2D eigenvalue weighted by Gasteiger charge is 2.30. The summed E-state index contributed by atoms with van der Waals surface area (Å²) in [7, 11) is -0.931. The van der Waals surface area contributed by atoms with E-state index in [0.29, 0.717) is 11.5 Å². The molecule has 0 aliphatic heterocycles. The van der Waals surface area contributed by atoms with Gasteiger partial charge >= 0.3 is 0 Å². The molecule has 0 aliphatic carbocycles. The molecule has 10 heteroatoms. The van der Waals surface area contributed by atoms with Crippen LogP contribution in [0.15, 0.2) is 42.5 Å². The number of amides is 2. The number of hydrogen-bond acceptors (Lipinski definition) is 6. The number of hydrogen-bond donors (Lipinski definition) is 1. The predicted molar refractivity (Wildman–Crippen MR) is 136 cm³/mol. The Labute approximate surface area is 208 Å². The minimum atomic E-state index is -3.85. The summed E-state index contributed by atoms with van der Waals surface area (Å²) in [6, 6.07) is 11.3. The van der Waals surface area contributed by atoms with E-state index in [0.717, 1.165) is 21.7 Å². The zero-order valence-corrected chi connectivity index (χ0v) is 22.2. The maximum Gasteiger partial charge on any atom is 0.244 e. The van der Waals surface area contributed by atoms with Crippen molar-refractivity contribution in [1.29, 1.82) is 0 Å². The van der Waals surface area contributed by atoms with E-state index < -0.39 is 28.5 Å². The Morgan fingerprint density at radius 3 is 2.09 bits per heavy atom. The number of methoxy groups -OCH3 is 2. The van der Waals surface area contributed by atoms with Crippen LogP contribution in [0.25, 0.3) is 0 Å². The number of rotatable bonds is 11. The quantitative estimate of drug-likeness (QED) is 0.504. The summed E-state index contributed by atoms with van der Waals surface area (Å²) in [6.45, 7) is 6.91. The van der Waals surface area contributed by atoms with Crippen LogP contribution in [0, 0.1) is 6.92 Å². The van der Waals surface area contributed by atoms with Gasteiger partial charge in [-0.1, -0.05) is 29.8 Å². The number of anilines is 1. The van der Waals surface area contributed by atoms with Crippen LogP contribution in [0.3, 0.4) is 0 Å². The minimum Gasteiger partial charge on any atom is -0.493 e. The summed E-state index contributed by atoms with van der Waals surface area (Å²) in [6.07, 6.45) is 1.02. The zero-order valence-electron chi connectivity index (χ0n) is 21.4. The van der Waals surface area contributed by atoms with E-state index >= 15 is 0 Å². The van der Waals surface area contributed by atoms with Gasteiger partial charge in [0.1, 0.15) is 12.6 Å². The van der Waals surface area contributed by atoms with Crippen molar-refractivity contribution < 1.29 is 27.5 Å². The third kappa shape index (κ3) is 7.61. The van der Waals surface area contributed by atoms with Gasteiger partial charge in [0, 0.05) is 18.7 Å². The van der Waals surface area contributed by atoms with Crippen LogP contribution in [0.2, 0.25) is 0 Å². The lowest BCUT2D eigenvalue weighted by Gasteiger charge is -2.32. The van der Waals surface area contributed by atoms with E-state index in [-0.39, 0.29) is 24.2 Å². The van der Waals surface area contributed by atoms with Crippen LogP contribution in [0.5, 0.6) is 11.5 Å². The highest BCUT2D eigenvalue weighted by Crippen LogP contribution is 2.32. The number of aryl methyl sites for hydroxylation is 1. The third-order valence-corrected chi connectivity index (χ3v) is 6.55. The van der Waals surface area contributed by atoms with Crippen LogP contribution < -0.4 is 19.1 Å². The fourth-order valence-electron chi connectivity index (χ4n) is 3.47. The third-order valence-electron chi connectivity index (χ3n) is 5.41. The Morgan fingerprint density at radius 2 is 1.57 bits per heavy atom. The molecule has 0 spiro atoms. The molecule has 2 aromatic rings. The summed E-state index contributed by atoms with van der Waals surface area (Å²) in [5.74, 6) is -0.0852. The molecule has 2 rings (SSSR count). The minimum absolute atomic E-state index is 0.111. The largest absolute Gasteiger partial charge is 0.493 e. The molecule has 1 N–H and O–H groups in total. The van der Waals surface area contributed by atoms with Gasteiger partial charge in [-0.2, -0.15) is 0 Å². The van der Waals surface area contributed by atoms with Crippen molar-refractivity contribution >= 4 is 27.5 Å². The number of ether oxygens (including phenoxy) is 2.